The van der Waals surface area contributed by atoms with Gasteiger partial charge in [0.05, 0.1) is 0 Å². The summed E-state index contributed by atoms with van der Waals surface area (Å²) in [5.74, 6) is 0.0996. The molecule has 4 N–H and O–H groups in total. The minimum atomic E-state index is 0.0521. The highest BCUT2D eigenvalue weighted by Gasteiger charge is 2.18. The van der Waals surface area contributed by atoms with Crippen molar-refractivity contribution in [3.05, 3.63) is 29.3 Å². The molecular weight excluding hydrogens is 214 g/mol. The highest BCUT2D eigenvalue weighted by atomic mass is 16.1. The van der Waals surface area contributed by atoms with Crippen LogP contribution in [0.3, 0.4) is 0 Å². The van der Waals surface area contributed by atoms with Crippen LogP contribution in [-0.4, -0.2) is 19.0 Å². The fraction of sp³-hybridized carbons (Fsp3) is 0.462. The molecule has 17 heavy (non-hydrogen) atoms. The molecular formula is C13H19N3O. The van der Waals surface area contributed by atoms with Crippen molar-refractivity contribution in [2.75, 3.05) is 12.4 Å². The van der Waals surface area contributed by atoms with Crippen LogP contribution in [0.5, 0.6) is 0 Å². The fourth-order valence-corrected chi connectivity index (χ4v) is 2.33. The smallest absolute Gasteiger partial charge is 0.224 e. The molecule has 1 aromatic rings. The molecule has 1 aliphatic heterocycles. The highest BCUT2D eigenvalue weighted by Crippen LogP contribution is 2.26. The molecule has 2 unspecified atom stereocenters. The summed E-state index contributed by atoms with van der Waals surface area (Å²) in [5, 5.41) is 6.10. The molecule has 4 nitrogen and oxygen atoms in total. The zero-order chi connectivity index (χ0) is 12.4. The number of likely N-dealkylation sites (N-methyl/N-ethyl adjacent to an activating group) is 1. The Bertz CT molecular complexity index is 429. The first-order valence-electron chi connectivity index (χ1n) is 5.97. The van der Waals surface area contributed by atoms with Crippen molar-refractivity contribution in [2.45, 2.75) is 31.8 Å². The van der Waals surface area contributed by atoms with Gasteiger partial charge in [0.1, 0.15) is 0 Å². The van der Waals surface area contributed by atoms with Gasteiger partial charge in [0.25, 0.3) is 0 Å². The molecule has 0 bridgehead atoms. The van der Waals surface area contributed by atoms with E-state index in [4.69, 9.17) is 5.73 Å². The minimum Gasteiger partial charge on any atom is -0.326 e. The molecule has 0 saturated heterocycles. The lowest BCUT2D eigenvalue weighted by atomic mass is 9.95. The van der Waals surface area contributed by atoms with Gasteiger partial charge in [-0.2, -0.15) is 0 Å². The Labute approximate surface area is 102 Å². The average molecular weight is 233 g/mol. The number of fused-ring (bicyclic) bond motifs is 1. The second kappa shape index (κ2) is 4.85. The number of carbonyl (C=O) groups is 1. The van der Waals surface area contributed by atoms with E-state index in [0.29, 0.717) is 6.42 Å². The Morgan fingerprint density at radius 1 is 1.41 bits per heavy atom. The van der Waals surface area contributed by atoms with Gasteiger partial charge < -0.3 is 16.4 Å². The van der Waals surface area contributed by atoms with Gasteiger partial charge in [0.15, 0.2) is 0 Å². The summed E-state index contributed by atoms with van der Waals surface area (Å²) < 4.78 is 0. The molecule has 0 aliphatic carbocycles. The van der Waals surface area contributed by atoms with Crippen molar-refractivity contribution in [2.24, 2.45) is 5.73 Å². The van der Waals surface area contributed by atoms with Gasteiger partial charge in [-0.25, -0.2) is 0 Å². The lowest BCUT2D eigenvalue weighted by molar-refractivity contribution is -0.116. The van der Waals surface area contributed by atoms with Crippen LogP contribution in [-0.2, 0) is 11.2 Å². The summed E-state index contributed by atoms with van der Waals surface area (Å²) in [7, 11) is 1.91. The maximum Gasteiger partial charge on any atom is 0.224 e. The van der Waals surface area contributed by atoms with Gasteiger partial charge in [-0.1, -0.05) is 12.1 Å². The minimum absolute atomic E-state index is 0.0521. The Kier molecular flexibility index (Phi) is 3.45. The fourth-order valence-electron chi connectivity index (χ4n) is 2.33. The van der Waals surface area contributed by atoms with Gasteiger partial charge in [0, 0.05) is 24.2 Å². The van der Waals surface area contributed by atoms with Crippen molar-refractivity contribution in [1.29, 1.82) is 0 Å². The van der Waals surface area contributed by atoms with Crippen LogP contribution < -0.4 is 16.4 Å². The van der Waals surface area contributed by atoms with E-state index < -0.39 is 0 Å². The summed E-state index contributed by atoms with van der Waals surface area (Å²) in [4.78, 5) is 11.3. The Hall–Kier alpha value is -1.39. The summed E-state index contributed by atoms with van der Waals surface area (Å²) in [6, 6.07) is 6.33. The third-order valence-electron chi connectivity index (χ3n) is 3.22. The second-order valence-electron chi connectivity index (χ2n) is 4.59. The van der Waals surface area contributed by atoms with Crippen molar-refractivity contribution >= 4 is 11.6 Å². The molecule has 1 aliphatic rings. The molecule has 1 amide bonds. The van der Waals surface area contributed by atoms with Crippen molar-refractivity contribution in [3.8, 4) is 0 Å². The summed E-state index contributed by atoms with van der Waals surface area (Å²) in [6.45, 7) is 1.99. The van der Waals surface area contributed by atoms with Crippen LogP contribution in [0.15, 0.2) is 18.2 Å². The number of nitrogens with two attached hydrogens (primary N) is 1. The standard InChI is InChI=1S/C13H19N3O/c1-8(14)13(15-2)10-3-5-11-9(7-10)4-6-12(17)16-11/h3,5,7-8,13,15H,4,6,14H2,1-2H3,(H,16,17). The number of hydrogen-bond donors (Lipinski definition) is 3. The monoisotopic (exact) mass is 233 g/mol. The number of benzene rings is 1. The summed E-state index contributed by atoms with van der Waals surface area (Å²) in [6.07, 6.45) is 1.38. The largest absolute Gasteiger partial charge is 0.326 e. The molecule has 2 rings (SSSR count). The molecule has 0 spiro atoms. The lowest BCUT2D eigenvalue weighted by Crippen LogP contribution is -2.33. The first kappa shape index (κ1) is 12.1. The van der Waals surface area contributed by atoms with Crippen LogP contribution in [0.2, 0.25) is 0 Å². The van der Waals surface area contributed by atoms with Crippen LogP contribution in [0.25, 0.3) is 0 Å². The highest BCUT2D eigenvalue weighted by molar-refractivity contribution is 5.93. The van der Waals surface area contributed by atoms with E-state index >= 15 is 0 Å². The Morgan fingerprint density at radius 2 is 2.18 bits per heavy atom. The van der Waals surface area contributed by atoms with E-state index in [1.807, 2.05) is 26.1 Å². The third-order valence-corrected chi connectivity index (χ3v) is 3.22. The molecule has 4 heteroatoms. The number of nitrogens with one attached hydrogen (secondary N) is 2. The third kappa shape index (κ3) is 2.48. The van der Waals surface area contributed by atoms with Crippen molar-refractivity contribution in [1.82, 2.24) is 5.32 Å². The van der Waals surface area contributed by atoms with E-state index in [0.717, 1.165) is 12.1 Å². The van der Waals surface area contributed by atoms with Crippen LogP contribution in [0.4, 0.5) is 5.69 Å². The Balaban J connectivity index is 2.30. The number of anilines is 1. The maximum absolute atomic E-state index is 11.3. The van der Waals surface area contributed by atoms with E-state index in [1.54, 1.807) is 0 Å². The van der Waals surface area contributed by atoms with Gasteiger partial charge in [-0.05, 0) is 37.6 Å². The number of carbonyl (C=O) groups excluding carboxylic acids is 1. The van der Waals surface area contributed by atoms with Gasteiger partial charge in [-0.15, -0.1) is 0 Å². The lowest BCUT2D eigenvalue weighted by Gasteiger charge is -2.23. The normalized spacial score (nSPS) is 18.2. The summed E-state index contributed by atoms with van der Waals surface area (Å²) in [5.41, 5.74) is 9.26. The molecule has 0 radical (unpaired) electrons. The predicted octanol–water partition coefficient (Wildman–Crippen LogP) is 1.18. The van der Waals surface area contributed by atoms with Gasteiger partial charge in [0.2, 0.25) is 5.91 Å². The van der Waals surface area contributed by atoms with Crippen molar-refractivity contribution in [3.63, 3.8) is 0 Å². The van der Waals surface area contributed by atoms with Gasteiger partial charge >= 0.3 is 0 Å². The molecule has 2 atom stereocenters. The van der Waals surface area contributed by atoms with E-state index in [1.165, 1.54) is 11.1 Å². The van der Waals surface area contributed by atoms with Crippen LogP contribution in [0.1, 0.15) is 30.5 Å². The average Bonchev–Trinajstić information content (AvgIpc) is 2.29. The Morgan fingerprint density at radius 3 is 2.82 bits per heavy atom. The maximum atomic E-state index is 11.3. The zero-order valence-electron chi connectivity index (χ0n) is 10.3. The van der Waals surface area contributed by atoms with E-state index in [2.05, 4.69) is 16.7 Å². The van der Waals surface area contributed by atoms with Crippen LogP contribution in [0, 0.1) is 0 Å². The topological polar surface area (TPSA) is 67.2 Å². The molecule has 1 aromatic carbocycles. The van der Waals surface area contributed by atoms with Crippen LogP contribution >= 0.6 is 0 Å². The predicted molar refractivity (Wildman–Crippen MR) is 68.8 cm³/mol. The van der Waals surface area contributed by atoms with E-state index in [-0.39, 0.29) is 18.0 Å². The molecule has 0 saturated carbocycles. The number of hydrogen-bond acceptors (Lipinski definition) is 3. The zero-order valence-corrected chi connectivity index (χ0v) is 10.3. The van der Waals surface area contributed by atoms with Gasteiger partial charge in [-0.3, -0.25) is 4.79 Å². The van der Waals surface area contributed by atoms with Crippen molar-refractivity contribution < 1.29 is 4.79 Å². The first-order chi connectivity index (χ1) is 8.11. The molecule has 1 heterocycles. The molecule has 92 valence electrons. The first-order valence-corrected chi connectivity index (χ1v) is 5.97. The number of rotatable bonds is 3. The second-order valence-corrected chi connectivity index (χ2v) is 4.59. The molecule has 0 aromatic heterocycles. The van der Waals surface area contributed by atoms with E-state index in [9.17, 15) is 4.79 Å². The summed E-state index contributed by atoms with van der Waals surface area (Å²) >= 11 is 0. The number of amides is 1. The molecule has 0 fully saturated rings. The number of aryl methyl sites for hydroxylation is 1. The quantitative estimate of drug-likeness (QED) is 0.734. The SMILES string of the molecule is CNC(c1ccc2c(c1)CCC(=O)N2)C(C)N.